The summed E-state index contributed by atoms with van der Waals surface area (Å²) in [4.78, 5) is 4.05. The number of aryl methyl sites for hydroxylation is 1. The first kappa shape index (κ1) is 9.01. The molecule has 4 heteroatoms. The van der Waals surface area contributed by atoms with Crippen molar-refractivity contribution >= 4 is 15.9 Å². The molecule has 0 saturated heterocycles. The quantitative estimate of drug-likeness (QED) is 0.776. The molecular formula is C8H7BrN2O. The molecule has 0 unspecified atom stereocenters. The highest BCUT2D eigenvalue weighted by Gasteiger charge is 2.00. The van der Waals surface area contributed by atoms with E-state index in [1.165, 1.54) is 0 Å². The molecule has 0 amide bonds. The molecule has 0 aliphatic heterocycles. The second-order valence-corrected chi connectivity index (χ2v) is 3.10. The molecule has 12 heavy (non-hydrogen) atoms. The van der Waals surface area contributed by atoms with Crippen molar-refractivity contribution in [1.29, 1.82) is 5.26 Å². The first-order valence-corrected chi connectivity index (χ1v) is 4.15. The lowest BCUT2D eigenvalue weighted by atomic mass is 10.3. The third-order valence-electron chi connectivity index (χ3n) is 1.30. The fourth-order valence-corrected chi connectivity index (χ4v) is 1.06. The van der Waals surface area contributed by atoms with Gasteiger partial charge in [0.1, 0.15) is 11.8 Å². The minimum absolute atomic E-state index is 0.0545. The van der Waals surface area contributed by atoms with Gasteiger partial charge in [-0.25, -0.2) is 0 Å². The van der Waals surface area contributed by atoms with Crippen LogP contribution in [0.25, 0.3) is 0 Å². The average molecular weight is 227 g/mol. The van der Waals surface area contributed by atoms with E-state index in [1.54, 1.807) is 12.3 Å². The van der Waals surface area contributed by atoms with Crippen LogP contribution in [-0.2, 0) is 0 Å². The third kappa shape index (κ3) is 2.21. The van der Waals surface area contributed by atoms with E-state index in [-0.39, 0.29) is 6.61 Å². The van der Waals surface area contributed by atoms with Gasteiger partial charge in [-0.1, -0.05) is 0 Å². The van der Waals surface area contributed by atoms with Gasteiger partial charge in [0.05, 0.1) is 5.69 Å². The molecule has 0 aromatic carbocycles. The first-order valence-electron chi connectivity index (χ1n) is 3.36. The van der Waals surface area contributed by atoms with E-state index in [9.17, 15) is 0 Å². The van der Waals surface area contributed by atoms with Crippen LogP contribution in [0.2, 0.25) is 0 Å². The van der Waals surface area contributed by atoms with Gasteiger partial charge in [0, 0.05) is 10.7 Å². The van der Waals surface area contributed by atoms with Gasteiger partial charge in [0.2, 0.25) is 0 Å². The Labute approximate surface area is 79.1 Å². The van der Waals surface area contributed by atoms with Crippen LogP contribution in [0.15, 0.2) is 16.7 Å². The normalized spacial score (nSPS) is 9.08. The summed E-state index contributed by atoms with van der Waals surface area (Å²) in [6.45, 7) is 1.89. The summed E-state index contributed by atoms with van der Waals surface area (Å²) in [5, 5.41) is 8.28. The van der Waals surface area contributed by atoms with Crippen LogP contribution in [0, 0.1) is 18.3 Å². The van der Waals surface area contributed by atoms with Crippen molar-refractivity contribution in [2.75, 3.05) is 6.61 Å². The summed E-state index contributed by atoms with van der Waals surface area (Å²) in [6, 6.07) is 3.69. The van der Waals surface area contributed by atoms with Gasteiger partial charge in [-0.3, -0.25) is 4.98 Å². The highest BCUT2D eigenvalue weighted by molar-refractivity contribution is 9.10. The highest BCUT2D eigenvalue weighted by Crippen LogP contribution is 2.20. The number of nitriles is 1. The number of nitrogens with zero attached hydrogens (tertiary/aromatic N) is 2. The summed E-state index contributed by atoms with van der Waals surface area (Å²) in [6.07, 6.45) is 1.69. The Kier molecular flexibility index (Phi) is 3.06. The van der Waals surface area contributed by atoms with E-state index >= 15 is 0 Å². The van der Waals surface area contributed by atoms with E-state index in [1.807, 2.05) is 13.0 Å². The molecule has 1 aromatic heterocycles. The molecule has 1 heterocycles. The molecule has 0 atom stereocenters. The number of pyridine rings is 1. The van der Waals surface area contributed by atoms with Crippen molar-refractivity contribution < 1.29 is 4.74 Å². The average Bonchev–Trinajstić information content (AvgIpc) is 2.07. The predicted octanol–water partition coefficient (Wildman–Crippen LogP) is 2.05. The molecule has 0 fully saturated rings. The van der Waals surface area contributed by atoms with E-state index in [4.69, 9.17) is 10.00 Å². The Hall–Kier alpha value is -1.08. The zero-order valence-electron chi connectivity index (χ0n) is 6.54. The van der Waals surface area contributed by atoms with Crippen LogP contribution >= 0.6 is 15.9 Å². The van der Waals surface area contributed by atoms with Crippen molar-refractivity contribution in [2.24, 2.45) is 0 Å². The summed E-state index contributed by atoms with van der Waals surface area (Å²) in [5.74, 6) is 0.644. The lowest BCUT2D eigenvalue weighted by Gasteiger charge is -2.04. The topological polar surface area (TPSA) is 45.9 Å². The number of hydrogen-bond acceptors (Lipinski definition) is 3. The molecule has 1 aromatic rings. The number of hydrogen-bond donors (Lipinski definition) is 0. The van der Waals surface area contributed by atoms with Gasteiger partial charge < -0.3 is 4.74 Å². The van der Waals surface area contributed by atoms with E-state index in [2.05, 4.69) is 20.9 Å². The minimum Gasteiger partial charge on any atom is -0.477 e. The molecule has 0 N–H and O–H groups in total. The maximum atomic E-state index is 8.28. The Morgan fingerprint density at radius 3 is 3.17 bits per heavy atom. The van der Waals surface area contributed by atoms with Gasteiger partial charge in [-0.2, -0.15) is 5.26 Å². The van der Waals surface area contributed by atoms with Crippen LogP contribution in [0.3, 0.4) is 0 Å². The Bertz CT molecular complexity index is 319. The predicted molar refractivity (Wildman–Crippen MR) is 47.8 cm³/mol. The standard InChI is InChI=1S/C8H7BrN2O/c1-6-8(12-3-2-10)4-7(9)5-11-6/h4-5H,3H2,1H3. The van der Waals surface area contributed by atoms with Crippen LogP contribution in [0.1, 0.15) is 5.69 Å². The maximum Gasteiger partial charge on any atom is 0.174 e. The van der Waals surface area contributed by atoms with Gasteiger partial charge in [-0.05, 0) is 28.9 Å². The van der Waals surface area contributed by atoms with E-state index in [0.717, 1.165) is 10.2 Å². The molecule has 0 aliphatic rings. The summed E-state index contributed by atoms with van der Waals surface area (Å²) in [5.41, 5.74) is 0.786. The Balaban J connectivity index is 2.84. The number of aromatic nitrogens is 1. The summed E-state index contributed by atoms with van der Waals surface area (Å²) in [7, 11) is 0. The first-order chi connectivity index (χ1) is 5.74. The molecule has 1 rings (SSSR count). The molecule has 3 nitrogen and oxygen atoms in total. The van der Waals surface area contributed by atoms with Crippen molar-refractivity contribution in [1.82, 2.24) is 4.98 Å². The third-order valence-corrected chi connectivity index (χ3v) is 1.73. The zero-order chi connectivity index (χ0) is 8.97. The SMILES string of the molecule is Cc1ncc(Br)cc1OCC#N. The number of ether oxygens (including phenoxy) is 1. The van der Waals surface area contributed by atoms with Crippen LogP contribution < -0.4 is 4.74 Å². The molecule has 0 bridgehead atoms. The fourth-order valence-electron chi connectivity index (χ4n) is 0.745. The monoisotopic (exact) mass is 226 g/mol. The highest BCUT2D eigenvalue weighted by atomic mass is 79.9. The van der Waals surface area contributed by atoms with Crippen LogP contribution in [0.4, 0.5) is 0 Å². The Morgan fingerprint density at radius 2 is 2.50 bits per heavy atom. The number of halogens is 1. The molecule has 0 aliphatic carbocycles. The van der Waals surface area contributed by atoms with Gasteiger partial charge in [0.15, 0.2) is 6.61 Å². The molecular weight excluding hydrogens is 220 g/mol. The van der Waals surface area contributed by atoms with E-state index < -0.39 is 0 Å². The van der Waals surface area contributed by atoms with Crippen LogP contribution in [0.5, 0.6) is 5.75 Å². The molecule has 62 valence electrons. The van der Waals surface area contributed by atoms with Gasteiger partial charge in [-0.15, -0.1) is 0 Å². The number of rotatable bonds is 2. The van der Waals surface area contributed by atoms with E-state index in [0.29, 0.717) is 5.75 Å². The molecule has 0 spiro atoms. The zero-order valence-corrected chi connectivity index (χ0v) is 8.13. The van der Waals surface area contributed by atoms with Gasteiger partial charge in [0.25, 0.3) is 0 Å². The lowest BCUT2D eigenvalue weighted by molar-refractivity contribution is 0.363. The second kappa shape index (κ2) is 4.07. The maximum absolute atomic E-state index is 8.28. The lowest BCUT2D eigenvalue weighted by Crippen LogP contribution is -1.96. The van der Waals surface area contributed by atoms with Crippen LogP contribution in [-0.4, -0.2) is 11.6 Å². The molecule has 0 saturated carbocycles. The largest absolute Gasteiger partial charge is 0.477 e. The van der Waals surface area contributed by atoms with Gasteiger partial charge >= 0.3 is 0 Å². The summed E-state index contributed by atoms with van der Waals surface area (Å²) >= 11 is 3.26. The fraction of sp³-hybridized carbons (Fsp3) is 0.250. The second-order valence-electron chi connectivity index (χ2n) is 2.18. The Morgan fingerprint density at radius 1 is 1.75 bits per heavy atom. The van der Waals surface area contributed by atoms with Crippen molar-refractivity contribution in [3.05, 3.63) is 22.4 Å². The summed E-state index contributed by atoms with van der Waals surface area (Å²) < 4.78 is 5.96. The van der Waals surface area contributed by atoms with Crippen molar-refractivity contribution in [2.45, 2.75) is 6.92 Å². The smallest absolute Gasteiger partial charge is 0.174 e. The van der Waals surface area contributed by atoms with Crippen molar-refractivity contribution in [3.8, 4) is 11.8 Å². The molecule has 0 radical (unpaired) electrons. The van der Waals surface area contributed by atoms with Crippen molar-refractivity contribution in [3.63, 3.8) is 0 Å². The minimum atomic E-state index is 0.0545.